The van der Waals surface area contributed by atoms with E-state index in [1.165, 1.54) is 17.7 Å². The van der Waals surface area contributed by atoms with Crippen LogP contribution in [0.5, 0.6) is 0 Å². The third kappa shape index (κ3) is 3.33. The zero-order valence-electron chi connectivity index (χ0n) is 15.0. The molecule has 0 unspecified atom stereocenters. The molecule has 0 spiro atoms. The molecule has 27 heavy (non-hydrogen) atoms. The molecule has 0 aliphatic heterocycles. The van der Waals surface area contributed by atoms with Crippen LogP contribution in [-0.2, 0) is 6.42 Å². The van der Waals surface area contributed by atoms with Gasteiger partial charge < -0.3 is 0 Å². The lowest BCUT2D eigenvalue weighted by Crippen LogP contribution is -1.91. The summed E-state index contributed by atoms with van der Waals surface area (Å²) in [6.45, 7) is 2.14. The van der Waals surface area contributed by atoms with Crippen LogP contribution in [0.2, 0.25) is 0 Å². The van der Waals surface area contributed by atoms with Crippen LogP contribution in [0, 0.1) is 11.6 Å². The van der Waals surface area contributed by atoms with Gasteiger partial charge in [0.1, 0.15) is 11.6 Å². The van der Waals surface area contributed by atoms with Gasteiger partial charge in [-0.15, -0.1) is 0 Å². The molecule has 0 saturated carbocycles. The molecule has 0 atom stereocenters. The highest BCUT2D eigenvalue weighted by molar-refractivity contribution is 5.95. The molecule has 1 aromatic heterocycles. The number of aryl methyl sites for hydroxylation is 1. The van der Waals surface area contributed by atoms with E-state index in [2.05, 4.69) is 11.9 Å². The first-order valence-electron chi connectivity index (χ1n) is 9.10. The molecule has 4 aromatic rings. The van der Waals surface area contributed by atoms with E-state index in [0.29, 0.717) is 22.0 Å². The minimum Gasteiger partial charge on any atom is -0.256 e. The number of fused-ring (bicyclic) bond motifs is 1. The van der Waals surface area contributed by atoms with E-state index in [9.17, 15) is 8.78 Å². The van der Waals surface area contributed by atoms with Gasteiger partial charge in [0.15, 0.2) is 0 Å². The number of pyridine rings is 1. The van der Waals surface area contributed by atoms with Crippen molar-refractivity contribution in [2.24, 2.45) is 0 Å². The van der Waals surface area contributed by atoms with Crippen molar-refractivity contribution in [3.05, 3.63) is 90.1 Å². The molecular weight excluding hydrogens is 340 g/mol. The summed E-state index contributed by atoms with van der Waals surface area (Å²) in [5.41, 5.74) is 3.99. The summed E-state index contributed by atoms with van der Waals surface area (Å²) in [5, 5.41) is 1.23. The van der Waals surface area contributed by atoms with Gasteiger partial charge in [-0.05, 0) is 47.9 Å². The smallest absolute Gasteiger partial charge is 0.131 e. The molecule has 0 N–H and O–H groups in total. The number of rotatable bonds is 4. The summed E-state index contributed by atoms with van der Waals surface area (Å²) in [7, 11) is 0. The second-order valence-corrected chi connectivity index (χ2v) is 6.64. The Morgan fingerprint density at radius 3 is 2.33 bits per heavy atom. The maximum atomic E-state index is 14.5. The average Bonchev–Trinajstić information content (AvgIpc) is 2.69. The lowest BCUT2D eigenvalue weighted by molar-refractivity contribution is 0.631. The van der Waals surface area contributed by atoms with Crippen LogP contribution < -0.4 is 0 Å². The summed E-state index contributed by atoms with van der Waals surface area (Å²) in [6, 6.07) is 19.5. The molecular formula is C24H19F2N. The average molecular weight is 359 g/mol. The molecule has 3 heteroatoms. The Labute approximate surface area is 157 Å². The first-order chi connectivity index (χ1) is 13.2. The summed E-state index contributed by atoms with van der Waals surface area (Å²) >= 11 is 0. The topological polar surface area (TPSA) is 12.9 Å². The summed E-state index contributed by atoms with van der Waals surface area (Å²) in [5.74, 6) is -0.571. The minimum atomic E-state index is -0.287. The third-order valence-electron chi connectivity index (χ3n) is 4.80. The summed E-state index contributed by atoms with van der Waals surface area (Å²) in [4.78, 5) is 4.43. The highest BCUT2D eigenvalue weighted by Crippen LogP contribution is 2.32. The second-order valence-electron chi connectivity index (χ2n) is 6.64. The van der Waals surface area contributed by atoms with E-state index in [1.54, 1.807) is 30.5 Å². The van der Waals surface area contributed by atoms with Gasteiger partial charge >= 0.3 is 0 Å². The van der Waals surface area contributed by atoms with Crippen LogP contribution >= 0.6 is 0 Å². The van der Waals surface area contributed by atoms with Gasteiger partial charge in [0.25, 0.3) is 0 Å². The number of benzene rings is 3. The summed E-state index contributed by atoms with van der Waals surface area (Å²) < 4.78 is 28.6. The van der Waals surface area contributed by atoms with Gasteiger partial charge in [-0.1, -0.05) is 49.7 Å². The van der Waals surface area contributed by atoms with Crippen molar-refractivity contribution in [1.82, 2.24) is 4.98 Å². The van der Waals surface area contributed by atoms with Crippen molar-refractivity contribution >= 4 is 10.8 Å². The van der Waals surface area contributed by atoms with Gasteiger partial charge in [-0.2, -0.15) is 0 Å². The molecule has 0 radical (unpaired) electrons. The number of nitrogens with zero attached hydrogens (tertiary/aromatic N) is 1. The van der Waals surface area contributed by atoms with Crippen molar-refractivity contribution < 1.29 is 8.78 Å². The van der Waals surface area contributed by atoms with Gasteiger partial charge in [0.2, 0.25) is 0 Å². The Hall–Kier alpha value is -3.07. The molecule has 0 aliphatic carbocycles. The van der Waals surface area contributed by atoms with E-state index < -0.39 is 0 Å². The second kappa shape index (κ2) is 7.28. The molecule has 0 fully saturated rings. The molecule has 0 saturated heterocycles. The standard InChI is InChI=1S/C24H19F2N/c1-2-4-16-7-9-17(10-8-16)21-15-18(11-12-23(21)26)24-20-5-3-6-22(25)19(20)13-14-27-24/h3,5-15H,2,4H2,1H3. The van der Waals surface area contributed by atoms with Crippen LogP contribution in [0.15, 0.2) is 72.9 Å². The van der Waals surface area contributed by atoms with Crippen molar-refractivity contribution in [1.29, 1.82) is 0 Å². The monoisotopic (exact) mass is 359 g/mol. The van der Waals surface area contributed by atoms with Crippen molar-refractivity contribution in [2.45, 2.75) is 19.8 Å². The van der Waals surface area contributed by atoms with Gasteiger partial charge in [-0.3, -0.25) is 4.98 Å². The fraction of sp³-hybridized carbons (Fsp3) is 0.125. The van der Waals surface area contributed by atoms with Crippen molar-refractivity contribution in [3.8, 4) is 22.4 Å². The minimum absolute atomic E-state index is 0.284. The zero-order valence-corrected chi connectivity index (χ0v) is 15.0. The first-order valence-corrected chi connectivity index (χ1v) is 9.10. The quantitative estimate of drug-likeness (QED) is 0.390. The number of halogens is 2. The van der Waals surface area contributed by atoms with Crippen molar-refractivity contribution in [3.63, 3.8) is 0 Å². The Bertz CT molecular complexity index is 1100. The molecule has 4 rings (SSSR count). The highest BCUT2D eigenvalue weighted by atomic mass is 19.1. The first kappa shape index (κ1) is 17.3. The van der Waals surface area contributed by atoms with E-state index in [0.717, 1.165) is 24.0 Å². The Morgan fingerprint density at radius 2 is 1.56 bits per heavy atom. The molecule has 3 aromatic carbocycles. The van der Waals surface area contributed by atoms with E-state index in [-0.39, 0.29) is 11.6 Å². The zero-order chi connectivity index (χ0) is 18.8. The van der Waals surface area contributed by atoms with Crippen molar-refractivity contribution in [2.75, 3.05) is 0 Å². The Balaban J connectivity index is 1.83. The maximum absolute atomic E-state index is 14.5. The molecule has 1 nitrogen and oxygen atoms in total. The fourth-order valence-electron chi connectivity index (χ4n) is 3.43. The summed E-state index contributed by atoms with van der Waals surface area (Å²) in [6.07, 6.45) is 3.67. The lowest BCUT2D eigenvalue weighted by Gasteiger charge is -2.10. The van der Waals surface area contributed by atoms with Crippen LogP contribution in [-0.4, -0.2) is 4.98 Å². The maximum Gasteiger partial charge on any atom is 0.131 e. The Kier molecular flexibility index (Phi) is 4.68. The largest absolute Gasteiger partial charge is 0.256 e. The highest BCUT2D eigenvalue weighted by Gasteiger charge is 2.12. The normalized spacial score (nSPS) is 11.1. The van der Waals surface area contributed by atoms with Crippen LogP contribution in [0.4, 0.5) is 8.78 Å². The number of hydrogen-bond acceptors (Lipinski definition) is 1. The van der Waals surface area contributed by atoms with Crippen LogP contribution in [0.25, 0.3) is 33.2 Å². The molecule has 0 amide bonds. The molecule has 0 bridgehead atoms. The van der Waals surface area contributed by atoms with Gasteiger partial charge in [-0.25, -0.2) is 8.78 Å². The van der Waals surface area contributed by atoms with Gasteiger partial charge in [0.05, 0.1) is 5.69 Å². The van der Waals surface area contributed by atoms with Crippen LogP contribution in [0.1, 0.15) is 18.9 Å². The van der Waals surface area contributed by atoms with Crippen LogP contribution in [0.3, 0.4) is 0 Å². The lowest BCUT2D eigenvalue weighted by atomic mass is 9.97. The molecule has 134 valence electrons. The fourth-order valence-corrected chi connectivity index (χ4v) is 3.43. The predicted octanol–water partition coefficient (Wildman–Crippen LogP) is 6.80. The Morgan fingerprint density at radius 1 is 0.778 bits per heavy atom. The van der Waals surface area contributed by atoms with Gasteiger partial charge in [0, 0.05) is 28.1 Å². The number of hydrogen-bond donors (Lipinski definition) is 0. The predicted molar refractivity (Wildman–Crippen MR) is 107 cm³/mol. The third-order valence-corrected chi connectivity index (χ3v) is 4.80. The van der Waals surface area contributed by atoms with E-state index in [1.807, 2.05) is 30.3 Å². The number of aromatic nitrogens is 1. The van der Waals surface area contributed by atoms with E-state index in [4.69, 9.17) is 0 Å². The molecule has 0 aliphatic rings. The SMILES string of the molecule is CCCc1ccc(-c2cc(-c3nccc4c(F)cccc34)ccc2F)cc1. The van der Waals surface area contributed by atoms with E-state index >= 15 is 0 Å². The molecule has 1 heterocycles.